The van der Waals surface area contributed by atoms with Crippen molar-refractivity contribution in [3.63, 3.8) is 0 Å². The van der Waals surface area contributed by atoms with Crippen molar-refractivity contribution in [3.8, 4) is 34.3 Å². The minimum atomic E-state index is -0.195. The van der Waals surface area contributed by atoms with Crippen LogP contribution >= 0.6 is 0 Å². The van der Waals surface area contributed by atoms with Crippen molar-refractivity contribution in [2.24, 2.45) is 0 Å². The SMILES string of the molecule is Oc1ccc(C=Cc2nc(-c3ccccc3O)n(-c3ccccc3)n2)cc1O. The van der Waals surface area contributed by atoms with Gasteiger partial charge in [0.25, 0.3) is 0 Å². The first-order chi connectivity index (χ1) is 13.6. The molecule has 28 heavy (non-hydrogen) atoms. The molecule has 6 nitrogen and oxygen atoms in total. The number of aromatic nitrogens is 3. The first-order valence-corrected chi connectivity index (χ1v) is 8.63. The van der Waals surface area contributed by atoms with Gasteiger partial charge in [-0.15, -0.1) is 5.10 Å². The Hall–Kier alpha value is -4.06. The molecule has 0 radical (unpaired) electrons. The molecule has 0 aliphatic carbocycles. The first-order valence-electron chi connectivity index (χ1n) is 8.63. The van der Waals surface area contributed by atoms with E-state index < -0.39 is 0 Å². The Balaban J connectivity index is 1.78. The quantitative estimate of drug-likeness (QED) is 0.467. The summed E-state index contributed by atoms with van der Waals surface area (Å²) in [6.45, 7) is 0. The number of hydrogen-bond acceptors (Lipinski definition) is 5. The number of hydrogen-bond donors (Lipinski definition) is 3. The first kappa shape index (κ1) is 17.4. The van der Waals surface area contributed by atoms with Crippen molar-refractivity contribution >= 4 is 12.2 Å². The zero-order valence-electron chi connectivity index (χ0n) is 14.8. The van der Waals surface area contributed by atoms with Gasteiger partial charge >= 0.3 is 0 Å². The average molecular weight is 371 g/mol. The zero-order chi connectivity index (χ0) is 19.5. The molecule has 0 fully saturated rings. The van der Waals surface area contributed by atoms with E-state index >= 15 is 0 Å². The molecule has 1 aromatic heterocycles. The normalized spacial score (nSPS) is 11.1. The minimum absolute atomic E-state index is 0.117. The molecule has 138 valence electrons. The molecule has 0 unspecified atom stereocenters. The summed E-state index contributed by atoms with van der Waals surface area (Å²) in [4.78, 5) is 4.57. The van der Waals surface area contributed by atoms with Crippen LogP contribution in [-0.2, 0) is 0 Å². The lowest BCUT2D eigenvalue weighted by molar-refractivity contribution is 0.403. The summed E-state index contributed by atoms with van der Waals surface area (Å²) < 4.78 is 1.67. The highest BCUT2D eigenvalue weighted by Gasteiger charge is 2.15. The van der Waals surface area contributed by atoms with Gasteiger partial charge in [0.05, 0.1) is 11.3 Å². The van der Waals surface area contributed by atoms with Crippen LogP contribution in [0.25, 0.3) is 29.2 Å². The maximum Gasteiger partial charge on any atom is 0.175 e. The van der Waals surface area contributed by atoms with Crippen LogP contribution in [0.4, 0.5) is 0 Å². The predicted octanol–water partition coefficient (Wildman–Crippen LogP) is 4.22. The van der Waals surface area contributed by atoms with Gasteiger partial charge in [0.1, 0.15) is 5.75 Å². The Labute approximate surface area is 161 Å². The van der Waals surface area contributed by atoms with Crippen molar-refractivity contribution in [1.82, 2.24) is 14.8 Å². The van der Waals surface area contributed by atoms with Crippen LogP contribution in [0.3, 0.4) is 0 Å². The minimum Gasteiger partial charge on any atom is -0.507 e. The molecule has 0 saturated heterocycles. The summed E-state index contributed by atoms with van der Waals surface area (Å²) in [7, 11) is 0. The van der Waals surface area contributed by atoms with Crippen LogP contribution in [0, 0.1) is 0 Å². The molecular formula is C22H17N3O3. The van der Waals surface area contributed by atoms with Crippen LogP contribution in [0.5, 0.6) is 17.2 Å². The summed E-state index contributed by atoms with van der Waals surface area (Å²) in [5.41, 5.74) is 2.08. The van der Waals surface area contributed by atoms with E-state index in [9.17, 15) is 15.3 Å². The molecule has 0 atom stereocenters. The van der Waals surface area contributed by atoms with Gasteiger partial charge in [-0.2, -0.15) is 0 Å². The molecule has 0 aliphatic rings. The monoisotopic (exact) mass is 371 g/mol. The maximum absolute atomic E-state index is 10.3. The number of benzene rings is 3. The molecule has 1 heterocycles. The van der Waals surface area contributed by atoms with Gasteiger partial charge < -0.3 is 15.3 Å². The Bertz CT molecular complexity index is 1150. The molecule has 3 N–H and O–H groups in total. The number of nitrogens with zero attached hydrogens (tertiary/aromatic N) is 3. The number of rotatable bonds is 4. The highest BCUT2D eigenvalue weighted by atomic mass is 16.3. The molecule has 4 rings (SSSR count). The molecule has 0 bridgehead atoms. The molecule has 3 aromatic carbocycles. The number of para-hydroxylation sites is 2. The molecule has 6 heteroatoms. The van der Waals surface area contributed by atoms with E-state index in [1.165, 1.54) is 12.1 Å². The van der Waals surface area contributed by atoms with E-state index in [-0.39, 0.29) is 17.2 Å². The highest BCUT2D eigenvalue weighted by molar-refractivity contribution is 5.71. The number of phenolic OH excluding ortho intramolecular Hbond substituents is 3. The second kappa shape index (κ2) is 7.28. The third kappa shape index (κ3) is 3.43. The summed E-state index contributed by atoms with van der Waals surface area (Å²) in [6, 6.07) is 21.0. The fourth-order valence-electron chi connectivity index (χ4n) is 2.80. The van der Waals surface area contributed by atoms with Gasteiger partial charge in [-0.3, -0.25) is 0 Å². The average Bonchev–Trinajstić information content (AvgIpc) is 3.14. The van der Waals surface area contributed by atoms with E-state index in [1.807, 2.05) is 36.4 Å². The maximum atomic E-state index is 10.3. The van der Waals surface area contributed by atoms with E-state index in [0.29, 0.717) is 22.8 Å². The van der Waals surface area contributed by atoms with E-state index in [0.717, 1.165) is 5.69 Å². The van der Waals surface area contributed by atoms with Crippen molar-refractivity contribution in [1.29, 1.82) is 0 Å². The molecular weight excluding hydrogens is 354 g/mol. The lowest BCUT2D eigenvalue weighted by Gasteiger charge is -2.06. The van der Waals surface area contributed by atoms with Crippen LogP contribution in [-0.4, -0.2) is 30.1 Å². The summed E-state index contributed by atoms with van der Waals surface area (Å²) in [5, 5.41) is 33.9. The predicted molar refractivity (Wildman–Crippen MR) is 107 cm³/mol. The number of phenols is 3. The van der Waals surface area contributed by atoms with Gasteiger partial charge in [-0.05, 0) is 48.0 Å². The fourth-order valence-corrected chi connectivity index (χ4v) is 2.80. The summed E-state index contributed by atoms with van der Waals surface area (Å²) in [5.74, 6) is 0.698. The van der Waals surface area contributed by atoms with Crippen molar-refractivity contribution < 1.29 is 15.3 Å². The topological polar surface area (TPSA) is 91.4 Å². The lowest BCUT2D eigenvalue weighted by atomic mass is 10.2. The summed E-state index contributed by atoms with van der Waals surface area (Å²) >= 11 is 0. The Morgan fingerprint density at radius 1 is 0.714 bits per heavy atom. The van der Waals surface area contributed by atoms with Gasteiger partial charge in [-0.25, -0.2) is 9.67 Å². The molecule has 0 amide bonds. The zero-order valence-corrected chi connectivity index (χ0v) is 14.8. The molecule has 4 aromatic rings. The highest BCUT2D eigenvalue weighted by Crippen LogP contribution is 2.30. The molecule has 0 spiro atoms. The van der Waals surface area contributed by atoms with Crippen molar-refractivity contribution in [2.45, 2.75) is 0 Å². The lowest BCUT2D eigenvalue weighted by Crippen LogP contribution is -1.99. The van der Waals surface area contributed by atoms with Gasteiger partial charge in [0, 0.05) is 0 Å². The van der Waals surface area contributed by atoms with Crippen LogP contribution in [0.1, 0.15) is 11.4 Å². The molecule has 0 saturated carbocycles. The van der Waals surface area contributed by atoms with E-state index in [4.69, 9.17) is 0 Å². The fraction of sp³-hybridized carbons (Fsp3) is 0. The van der Waals surface area contributed by atoms with E-state index in [2.05, 4.69) is 10.1 Å². The molecule has 0 aliphatic heterocycles. The smallest absolute Gasteiger partial charge is 0.175 e. The van der Waals surface area contributed by atoms with Gasteiger partial charge in [0.2, 0.25) is 0 Å². The van der Waals surface area contributed by atoms with Crippen molar-refractivity contribution in [2.75, 3.05) is 0 Å². The Morgan fingerprint density at radius 2 is 1.46 bits per heavy atom. The Kier molecular flexibility index (Phi) is 4.51. The second-order valence-corrected chi connectivity index (χ2v) is 6.14. The largest absolute Gasteiger partial charge is 0.507 e. The van der Waals surface area contributed by atoms with Crippen LogP contribution in [0.2, 0.25) is 0 Å². The summed E-state index contributed by atoms with van der Waals surface area (Å²) in [6.07, 6.45) is 3.44. The Morgan fingerprint density at radius 3 is 2.21 bits per heavy atom. The van der Waals surface area contributed by atoms with Crippen molar-refractivity contribution in [3.05, 3.63) is 84.2 Å². The van der Waals surface area contributed by atoms with E-state index in [1.54, 1.807) is 41.1 Å². The van der Waals surface area contributed by atoms with Gasteiger partial charge in [0.15, 0.2) is 23.1 Å². The second-order valence-electron chi connectivity index (χ2n) is 6.14. The van der Waals surface area contributed by atoms with Gasteiger partial charge in [-0.1, -0.05) is 42.5 Å². The standard InChI is InChI=1S/C22H17N3O3/c26-18-9-5-4-8-17(18)22-23-21(24-25(22)16-6-2-1-3-7-16)13-11-15-10-12-19(27)20(28)14-15/h1-14,26-28H. The number of aromatic hydroxyl groups is 3. The van der Waals surface area contributed by atoms with Crippen LogP contribution < -0.4 is 0 Å². The third-order valence-corrected chi connectivity index (χ3v) is 4.19. The van der Waals surface area contributed by atoms with Crippen LogP contribution in [0.15, 0.2) is 72.8 Å². The third-order valence-electron chi connectivity index (χ3n) is 4.19.